The molecular weight excluding hydrogens is 238 g/mol. The van der Waals surface area contributed by atoms with Crippen LogP contribution in [0.1, 0.15) is 11.3 Å². The highest BCUT2D eigenvalue weighted by atomic mass is 35.5. The average Bonchev–Trinajstić information content (AvgIpc) is 2.24. The van der Waals surface area contributed by atoms with Crippen LogP contribution in [0.4, 0.5) is 0 Å². The van der Waals surface area contributed by atoms with E-state index < -0.39 is 0 Å². The quantitative estimate of drug-likeness (QED) is 0.825. The fourth-order valence-corrected chi connectivity index (χ4v) is 1.79. The maximum absolute atomic E-state index is 12.2. The molecule has 0 saturated carbocycles. The van der Waals surface area contributed by atoms with Crippen LogP contribution in [0.3, 0.4) is 0 Å². The Morgan fingerprint density at radius 2 is 1.88 bits per heavy atom. The number of hydrogen-bond donors (Lipinski definition) is 0. The van der Waals surface area contributed by atoms with Crippen LogP contribution in [0.5, 0.6) is 0 Å². The van der Waals surface area contributed by atoms with Crippen LogP contribution >= 0.6 is 12.4 Å². The lowest BCUT2D eigenvalue weighted by Gasteiger charge is -2.11. The summed E-state index contributed by atoms with van der Waals surface area (Å²) in [5, 5.41) is 0.657. The first-order valence-corrected chi connectivity index (χ1v) is 5.25. The first-order valence-electron chi connectivity index (χ1n) is 5.25. The van der Waals surface area contributed by atoms with Crippen molar-refractivity contribution in [3.05, 3.63) is 45.8 Å². The molecule has 1 aromatic heterocycles. The minimum Gasteiger partial charge on any atom is -0.461 e. The Bertz CT molecular complexity index is 575. The van der Waals surface area contributed by atoms with Crippen molar-refractivity contribution in [3.63, 3.8) is 0 Å². The third-order valence-corrected chi connectivity index (χ3v) is 2.57. The van der Waals surface area contributed by atoms with Crippen LogP contribution in [0.25, 0.3) is 11.0 Å². The molecule has 0 aliphatic carbocycles. The summed E-state index contributed by atoms with van der Waals surface area (Å²) >= 11 is 0. The average molecular weight is 254 g/mol. The van der Waals surface area contributed by atoms with Crippen molar-refractivity contribution in [2.24, 2.45) is 0 Å². The molecule has 0 amide bonds. The van der Waals surface area contributed by atoms with Gasteiger partial charge in [0.25, 0.3) is 0 Å². The van der Waals surface area contributed by atoms with Gasteiger partial charge in [0.2, 0.25) is 0 Å². The lowest BCUT2D eigenvalue weighted by atomic mass is 10.1. The lowest BCUT2D eigenvalue weighted by Crippen LogP contribution is -2.19. The van der Waals surface area contributed by atoms with Gasteiger partial charge in [-0.2, -0.15) is 0 Å². The van der Waals surface area contributed by atoms with Crippen LogP contribution in [-0.4, -0.2) is 19.0 Å². The van der Waals surface area contributed by atoms with Crippen molar-refractivity contribution in [2.45, 2.75) is 13.5 Å². The molecular formula is C13H16ClNO2. The summed E-state index contributed by atoms with van der Waals surface area (Å²) in [4.78, 5) is 14.2. The monoisotopic (exact) mass is 253 g/mol. The molecule has 0 fully saturated rings. The topological polar surface area (TPSA) is 33.5 Å². The normalized spacial score (nSPS) is 10.6. The summed E-state index contributed by atoms with van der Waals surface area (Å²) < 4.78 is 5.65. The maximum Gasteiger partial charge on any atom is 0.197 e. The minimum atomic E-state index is 0. The smallest absolute Gasteiger partial charge is 0.197 e. The predicted molar refractivity (Wildman–Crippen MR) is 71.9 cm³/mol. The number of halogens is 1. The van der Waals surface area contributed by atoms with Crippen LogP contribution < -0.4 is 5.43 Å². The first-order chi connectivity index (χ1) is 7.59. The Kier molecular flexibility index (Phi) is 4.32. The van der Waals surface area contributed by atoms with Crippen molar-refractivity contribution in [1.82, 2.24) is 4.90 Å². The van der Waals surface area contributed by atoms with Crippen LogP contribution in [0, 0.1) is 6.92 Å². The van der Waals surface area contributed by atoms with E-state index >= 15 is 0 Å². The second kappa shape index (κ2) is 5.34. The summed E-state index contributed by atoms with van der Waals surface area (Å²) in [6.45, 7) is 2.45. The summed E-state index contributed by atoms with van der Waals surface area (Å²) in [6.07, 6.45) is 0. The molecule has 1 aromatic carbocycles. The zero-order valence-electron chi connectivity index (χ0n) is 10.2. The van der Waals surface area contributed by atoms with Gasteiger partial charge in [0.15, 0.2) is 5.43 Å². The zero-order valence-corrected chi connectivity index (χ0v) is 11.0. The van der Waals surface area contributed by atoms with Crippen molar-refractivity contribution in [1.29, 1.82) is 0 Å². The number of nitrogens with zero attached hydrogens (tertiary/aromatic N) is 1. The van der Waals surface area contributed by atoms with E-state index in [1.165, 1.54) is 0 Å². The summed E-state index contributed by atoms with van der Waals surface area (Å²) in [5.41, 5.74) is 1.48. The van der Waals surface area contributed by atoms with E-state index in [0.717, 1.165) is 5.56 Å². The SMILES string of the molecule is Cc1oc2ccccc2c(=O)c1CN(C)C.Cl. The fourth-order valence-electron chi connectivity index (χ4n) is 1.79. The highest BCUT2D eigenvalue weighted by Crippen LogP contribution is 2.15. The van der Waals surface area contributed by atoms with Crippen molar-refractivity contribution >= 4 is 23.4 Å². The molecule has 2 rings (SSSR count). The standard InChI is InChI=1S/C13H15NO2.ClH/c1-9-11(8-14(2)3)13(15)10-6-4-5-7-12(10)16-9;/h4-7H,8H2,1-3H3;1H. The molecule has 0 aliphatic heterocycles. The Morgan fingerprint density at radius 1 is 1.24 bits per heavy atom. The molecule has 2 aromatic rings. The largest absolute Gasteiger partial charge is 0.461 e. The van der Waals surface area contributed by atoms with E-state index in [2.05, 4.69) is 0 Å². The van der Waals surface area contributed by atoms with E-state index in [1.54, 1.807) is 6.07 Å². The van der Waals surface area contributed by atoms with Gasteiger partial charge >= 0.3 is 0 Å². The maximum atomic E-state index is 12.2. The van der Waals surface area contributed by atoms with Gasteiger partial charge in [-0.3, -0.25) is 4.79 Å². The first kappa shape index (κ1) is 13.7. The second-order valence-corrected chi connectivity index (χ2v) is 4.20. The molecule has 0 saturated heterocycles. The number of para-hydroxylation sites is 1. The zero-order chi connectivity index (χ0) is 11.7. The second-order valence-electron chi connectivity index (χ2n) is 4.20. The Morgan fingerprint density at radius 3 is 2.53 bits per heavy atom. The minimum absolute atomic E-state index is 0. The molecule has 0 radical (unpaired) electrons. The molecule has 92 valence electrons. The van der Waals surface area contributed by atoms with Crippen molar-refractivity contribution < 1.29 is 4.42 Å². The van der Waals surface area contributed by atoms with Gasteiger partial charge in [-0.25, -0.2) is 0 Å². The van der Waals surface area contributed by atoms with Crippen molar-refractivity contribution in [3.8, 4) is 0 Å². The molecule has 0 atom stereocenters. The van der Waals surface area contributed by atoms with E-state index in [1.807, 2.05) is 44.1 Å². The molecule has 3 nitrogen and oxygen atoms in total. The van der Waals surface area contributed by atoms with Crippen LogP contribution in [-0.2, 0) is 6.54 Å². The summed E-state index contributed by atoms with van der Waals surface area (Å²) in [7, 11) is 3.88. The molecule has 0 bridgehead atoms. The van der Waals surface area contributed by atoms with Crippen molar-refractivity contribution in [2.75, 3.05) is 14.1 Å². The molecule has 0 unspecified atom stereocenters. The Balaban J connectivity index is 0.00000144. The molecule has 1 heterocycles. The number of fused-ring (bicyclic) bond motifs is 1. The highest BCUT2D eigenvalue weighted by molar-refractivity contribution is 5.85. The Labute approximate surface area is 106 Å². The fraction of sp³-hybridized carbons (Fsp3) is 0.308. The summed E-state index contributed by atoms with van der Waals surface area (Å²) in [6, 6.07) is 7.35. The van der Waals surface area contributed by atoms with Gasteiger partial charge in [0.05, 0.1) is 10.9 Å². The highest BCUT2D eigenvalue weighted by Gasteiger charge is 2.11. The predicted octanol–water partition coefficient (Wildman–Crippen LogP) is 2.58. The van der Waals surface area contributed by atoms with E-state index in [0.29, 0.717) is 23.3 Å². The molecule has 4 heteroatoms. The third-order valence-electron chi connectivity index (χ3n) is 2.57. The molecule has 0 N–H and O–H groups in total. The van der Waals surface area contributed by atoms with Crippen LogP contribution in [0.15, 0.2) is 33.5 Å². The summed E-state index contributed by atoms with van der Waals surface area (Å²) in [5.74, 6) is 0.706. The van der Waals surface area contributed by atoms with Gasteiger partial charge in [0, 0.05) is 6.54 Å². The number of hydrogen-bond acceptors (Lipinski definition) is 3. The van der Waals surface area contributed by atoms with E-state index in [-0.39, 0.29) is 17.8 Å². The van der Waals surface area contributed by atoms with Gasteiger partial charge < -0.3 is 9.32 Å². The molecule has 17 heavy (non-hydrogen) atoms. The lowest BCUT2D eigenvalue weighted by molar-refractivity contribution is 0.391. The van der Waals surface area contributed by atoms with Gasteiger partial charge in [-0.1, -0.05) is 12.1 Å². The van der Waals surface area contributed by atoms with Gasteiger partial charge in [0.1, 0.15) is 11.3 Å². The number of rotatable bonds is 2. The van der Waals surface area contributed by atoms with Gasteiger partial charge in [-0.05, 0) is 33.2 Å². The van der Waals surface area contributed by atoms with Crippen LogP contribution in [0.2, 0.25) is 0 Å². The van der Waals surface area contributed by atoms with E-state index in [4.69, 9.17) is 4.42 Å². The Hall–Kier alpha value is -1.32. The van der Waals surface area contributed by atoms with Gasteiger partial charge in [-0.15, -0.1) is 12.4 Å². The molecule has 0 spiro atoms. The van der Waals surface area contributed by atoms with E-state index in [9.17, 15) is 4.79 Å². The molecule has 0 aliphatic rings. The third kappa shape index (κ3) is 2.68. The number of aryl methyl sites for hydroxylation is 1. The number of benzene rings is 1.